The van der Waals surface area contributed by atoms with Gasteiger partial charge in [0, 0.05) is 101 Å². The lowest BCUT2D eigenvalue weighted by molar-refractivity contribution is -0.140. The molecule has 0 aromatic heterocycles. The first-order valence-electron chi connectivity index (χ1n) is 42.4. The van der Waals surface area contributed by atoms with Crippen molar-refractivity contribution in [2.45, 2.75) is 222 Å². The normalized spacial score (nSPS) is 21.0. The maximum Gasteiger partial charge on any atom is 0.410 e. The molecule has 4 aliphatic heterocycles. The zero-order chi connectivity index (χ0) is 82.4. The number of Topliss-reactive ketones (excluding diaryl/α,β-unsaturated/α-hetero) is 3. The average Bonchev–Trinajstić information content (AvgIpc) is 0.801. The van der Waals surface area contributed by atoms with E-state index in [2.05, 4.69) is 180 Å². The van der Waals surface area contributed by atoms with Crippen molar-refractivity contribution in [1.29, 1.82) is 0 Å². The number of dihydropyridines is 3. The second kappa shape index (κ2) is 35.6. The van der Waals surface area contributed by atoms with E-state index in [4.69, 9.17) is 18.9 Å². The van der Waals surface area contributed by atoms with Crippen LogP contribution in [0.3, 0.4) is 0 Å². The molecule has 15 heteroatoms. The Kier molecular flexibility index (Phi) is 25.6. The molecule has 1 saturated heterocycles. The predicted molar refractivity (Wildman–Crippen MR) is 459 cm³/mol. The lowest BCUT2D eigenvalue weighted by atomic mass is 9.68. The third kappa shape index (κ3) is 19.3. The summed E-state index contributed by atoms with van der Waals surface area (Å²) in [6.45, 7) is 26.4. The number of carbonyl (C=O) groups is 7. The van der Waals surface area contributed by atoms with Gasteiger partial charge < -0.3 is 39.8 Å². The fourth-order valence-electron chi connectivity index (χ4n) is 18.9. The van der Waals surface area contributed by atoms with E-state index < -0.39 is 29.3 Å². The van der Waals surface area contributed by atoms with Crippen molar-refractivity contribution in [3.05, 3.63) is 253 Å². The number of rotatable bonds is 17. The van der Waals surface area contributed by atoms with Crippen LogP contribution in [0.25, 0.3) is 39.5 Å². The number of likely N-dealkylation sites (tertiary alicyclic amines) is 1. The second-order valence-electron chi connectivity index (χ2n) is 36.6. The summed E-state index contributed by atoms with van der Waals surface area (Å²) in [4.78, 5) is 95.5. The highest BCUT2D eigenvalue weighted by molar-refractivity contribution is 6.06. The number of ether oxygens (including phenoxy) is 4. The minimum absolute atomic E-state index is 0.0862. The largest absolute Gasteiger partial charge is 0.466 e. The maximum atomic E-state index is 13.9. The molecule has 6 aromatic rings. The van der Waals surface area contributed by atoms with Crippen molar-refractivity contribution in [1.82, 2.24) is 20.9 Å². The fraction of sp³-hybridized carbons (Fsp3) is 0.436. The maximum absolute atomic E-state index is 13.9. The highest BCUT2D eigenvalue weighted by Crippen LogP contribution is 2.52. The molecular formula is C101H118N4O11. The molecule has 0 bridgehead atoms. The molecule has 608 valence electrons. The van der Waals surface area contributed by atoms with E-state index in [1.807, 2.05) is 83.1 Å². The second-order valence-corrected chi connectivity index (χ2v) is 36.6. The van der Waals surface area contributed by atoms with Gasteiger partial charge in [0.25, 0.3) is 0 Å². The molecule has 6 aromatic carbocycles. The average molecular weight is 1560 g/mol. The van der Waals surface area contributed by atoms with Gasteiger partial charge >= 0.3 is 24.0 Å². The number of hydrogen-bond donors (Lipinski definition) is 3. The van der Waals surface area contributed by atoms with E-state index in [-0.39, 0.29) is 51.6 Å². The number of nitrogens with zero attached hydrogens (tertiary/aromatic N) is 1. The number of piperidine rings is 1. The molecule has 3 N–H and O–H groups in total. The molecule has 2 fully saturated rings. The monoisotopic (exact) mass is 1560 g/mol. The van der Waals surface area contributed by atoms with Crippen LogP contribution in [0.4, 0.5) is 4.79 Å². The highest BCUT2D eigenvalue weighted by atomic mass is 16.6. The van der Waals surface area contributed by atoms with Crippen LogP contribution < -0.4 is 16.0 Å². The van der Waals surface area contributed by atoms with E-state index in [1.54, 1.807) is 4.90 Å². The van der Waals surface area contributed by atoms with Crippen LogP contribution in [0.15, 0.2) is 225 Å². The minimum Gasteiger partial charge on any atom is -0.466 e. The zero-order valence-electron chi connectivity index (χ0n) is 70.5. The topological polar surface area (TPSA) is 196 Å². The molecule has 15 rings (SSSR count). The fourth-order valence-corrected chi connectivity index (χ4v) is 18.9. The van der Waals surface area contributed by atoms with Crippen molar-refractivity contribution >= 4 is 47.4 Å². The van der Waals surface area contributed by atoms with E-state index in [0.29, 0.717) is 98.1 Å². The number of nitrogens with one attached hydrogen (secondary N) is 3. The van der Waals surface area contributed by atoms with Gasteiger partial charge in [0.05, 0.1) is 37.0 Å². The number of benzene rings is 6. The molecule has 0 spiro atoms. The van der Waals surface area contributed by atoms with Crippen molar-refractivity contribution in [2.75, 3.05) is 33.4 Å². The van der Waals surface area contributed by atoms with Gasteiger partial charge in [-0.3, -0.25) is 14.4 Å². The first-order valence-corrected chi connectivity index (χ1v) is 42.4. The molecule has 9 aliphatic rings. The van der Waals surface area contributed by atoms with Crippen LogP contribution in [0, 0.1) is 28.1 Å². The highest BCUT2D eigenvalue weighted by Gasteiger charge is 2.47. The van der Waals surface area contributed by atoms with Gasteiger partial charge in [-0.2, -0.15) is 0 Å². The number of carbonyl (C=O) groups excluding carboxylic acids is 7. The molecule has 116 heavy (non-hydrogen) atoms. The standard InChI is InChI=1S/C38H48N2O5.C34H41NO3.C29H29NO3/c1-7-29-34(35(42)44-22-19-25-17-20-40(21-18-25)36(43)45-37(2,3)4)32(33-30(39-29)23-38(5,6)24-31(33)41)28-15-13-27(14-16-28)26-11-9-8-10-12-26;1-4-27-32(33(37)38-20-19-23-11-7-5-8-12-23)30(31-28(35-27)21-34(2,3)22-29(31)36)26-17-15-25(16-18-26)24-13-9-6-10-14-24;1-17-25(28(32)33-4)26(27-23(30-17)15-29(2,3)16-24(27)31)22-10-6-9-20(14-22)21-12-11-18-7-5-8-19(18)13-21/h8-16,25,32,39H,7,17-24H2,1-6H3;6,9-10,13-18,23,30,35H,4-5,7-8,11-12,19-22H2,1-3H3;5-6,8-14,26,30H,7,15-16H2,1-4H3. The van der Waals surface area contributed by atoms with Gasteiger partial charge in [0.1, 0.15) is 5.60 Å². The zero-order valence-corrected chi connectivity index (χ0v) is 70.5. The van der Waals surface area contributed by atoms with E-state index in [1.165, 1.54) is 50.3 Å². The van der Waals surface area contributed by atoms with Crippen LogP contribution in [0.2, 0.25) is 0 Å². The molecule has 3 unspecified atom stereocenters. The molecule has 3 atom stereocenters. The van der Waals surface area contributed by atoms with Gasteiger partial charge in [-0.1, -0.05) is 245 Å². The molecule has 4 heterocycles. The van der Waals surface area contributed by atoms with Crippen LogP contribution in [-0.4, -0.2) is 85.3 Å². The molecule has 0 radical (unpaired) electrons. The summed E-state index contributed by atoms with van der Waals surface area (Å²) in [5.41, 5.74) is 20.3. The molecule has 1 amide bonds. The summed E-state index contributed by atoms with van der Waals surface area (Å²) < 4.78 is 22.6. The molecular weight excluding hydrogens is 1450 g/mol. The van der Waals surface area contributed by atoms with Gasteiger partial charge in [-0.25, -0.2) is 19.2 Å². The first kappa shape index (κ1) is 83.5. The van der Waals surface area contributed by atoms with Gasteiger partial charge in [0.2, 0.25) is 0 Å². The van der Waals surface area contributed by atoms with E-state index >= 15 is 0 Å². The number of hydrogen-bond acceptors (Lipinski definition) is 14. The Morgan fingerprint density at radius 2 is 0.888 bits per heavy atom. The Morgan fingerprint density at radius 3 is 1.34 bits per heavy atom. The quantitative estimate of drug-likeness (QED) is 0.0576. The summed E-state index contributed by atoms with van der Waals surface area (Å²) in [6.07, 6.45) is 19.8. The number of methoxy groups -OCH3 is 1. The van der Waals surface area contributed by atoms with Crippen molar-refractivity contribution in [3.63, 3.8) is 0 Å². The first-order chi connectivity index (χ1) is 55.5. The Bertz CT molecular complexity index is 4960. The SMILES string of the molecule is CCC1=C(C(=O)OCCC2CCCCC2)C(c2ccc(-c3ccccc3)cc2)C2=C(CC(C)(C)CC2=O)N1.CCC1=C(C(=O)OCCC2CCN(C(=O)OC(C)(C)C)CC2)C(c2ccc(-c3ccccc3)cc2)C2=C(CC(C)(C)CC2=O)N1.COC(=O)C1=C(C)NC2=C(C(=O)CC(C)(C)C2)C1c1cccc(-c2ccc3c(c2)C=CC3)c1. The summed E-state index contributed by atoms with van der Waals surface area (Å²) in [6, 6.07) is 51.8. The summed E-state index contributed by atoms with van der Waals surface area (Å²) in [7, 11) is 1.39. The summed E-state index contributed by atoms with van der Waals surface area (Å²) in [5.74, 6) is -1.05. The number of fused-ring (bicyclic) bond motifs is 1. The van der Waals surface area contributed by atoms with E-state index in [9.17, 15) is 33.6 Å². The van der Waals surface area contributed by atoms with Gasteiger partial charge in [0.15, 0.2) is 17.3 Å². The van der Waals surface area contributed by atoms with E-state index in [0.717, 1.165) is 141 Å². The summed E-state index contributed by atoms with van der Waals surface area (Å²) >= 11 is 0. The molecule has 15 nitrogen and oxygen atoms in total. The molecule has 5 aliphatic carbocycles. The predicted octanol–water partition coefficient (Wildman–Crippen LogP) is 21.5. The van der Waals surface area contributed by atoms with Crippen LogP contribution in [0.5, 0.6) is 0 Å². The van der Waals surface area contributed by atoms with Crippen LogP contribution in [-0.2, 0) is 54.1 Å². The lowest BCUT2D eigenvalue weighted by Crippen LogP contribution is -2.42. The smallest absolute Gasteiger partial charge is 0.410 e. The number of allylic oxidation sites excluding steroid dienone is 10. The number of esters is 3. The Hall–Kier alpha value is -10.4. The minimum atomic E-state index is -0.515. The van der Waals surface area contributed by atoms with Gasteiger partial charge in [-0.15, -0.1) is 0 Å². The number of amides is 1. The van der Waals surface area contributed by atoms with Crippen molar-refractivity contribution in [3.8, 4) is 33.4 Å². The third-order valence-corrected chi connectivity index (χ3v) is 24.6. The van der Waals surface area contributed by atoms with Crippen molar-refractivity contribution < 1.29 is 52.5 Å². The Morgan fingerprint density at radius 1 is 0.466 bits per heavy atom. The van der Waals surface area contributed by atoms with Gasteiger partial charge in [-0.05, 0) is 187 Å². The molecule has 1 saturated carbocycles. The van der Waals surface area contributed by atoms with Crippen LogP contribution >= 0.6 is 0 Å². The Balaban J connectivity index is 0.000000153. The number of ketones is 3. The van der Waals surface area contributed by atoms with Crippen LogP contribution in [0.1, 0.15) is 238 Å². The third-order valence-electron chi connectivity index (χ3n) is 24.6. The Labute approximate surface area is 687 Å². The lowest BCUT2D eigenvalue weighted by Gasteiger charge is -2.40. The summed E-state index contributed by atoms with van der Waals surface area (Å²) in [5, 5.41) is 10.4. The van der Waals surface area contributed by atoms with Crippen molar-refractivity contribution in [2.24, 2.45) is 28.1 Å².